The SMILES string of the molecule is CNC(=O)CCn1c(N)nc2cc(Cl)c(Cl)cc21. The smallest absolute Gasteiger partial charge is 0.221 e. The van der Waals surface area contributed by atoms with Gasteiger partial charge >= 0.3 is 0 Å². The minimum absolute atomic E-state index is 0.0590. The normalized spacial score (nSPS) is 10.8. The van der Waals surface area contributed by atoms with Gasteiger partial charge in [0, 0.05) is 20.0 Å². The Morgan fingerprint density at radius 1 is 1.44 bits per heavy atom. The number of fused-ring (bicyclic) bond motifs is 1. The zero-order valence-electron chi connectivity index (χ0n) is 9.70. The number of halogens is 2. The van der Waals surface area contributed by atoms with Crippen LogP contribution >= 0.6 is 23.2 Å². The van der Waals surface area contributed by atoms with Gasteiger partial charge in [-0.2, -0.15) is 0 Å². The van der Waals surface area contributed by atoms with Gasteiger partial charge in [0.1, 0.15) is 0 Å². The fraction of sp³-hybridized carbons (Fsp3) is 0.273. The first kappa shape index (κ1) is 13.0. The highest BCUT2D eigenvalue weighted by molar-refractivity contribution is 6.42. The lowest BCUT2D eigenvalue weighted by atomic mass is 10.3. The van der Waals surface area contributed by atoms with Crippen LogP contribution in [0.25, 0.3) is 11.0 Å². The maximum absolute atomic E-state index is 11.2. The third-order valence-electron chi connectivity index (χ3n) is 2.66. The van der Waals surface area contributed by atoms with Gasteiger partial charge in [-0.3, -0.25) is 4.79 Å². The number of rotatable bonds is 3. The summed E-state index contributed by atoms with van der Waals surface area (Å²) in [7, 11) is 1.59. The van der Waals surface area contributed by atoms with Crippen LogP contribution in [0.2, 0.25) is 10.0 Å². The molecule has 1 aromatic heterocycles. The van der Waals surface area contributed by atoms with Gasteiger partial charge in [0.05, 0.1) is 21.1 Å². The second kappa shape index (κ2) is 5.04. The summed E-state index contributed by atoms with van der Waals surface area (Å²) in [5.74, 6) is 0.281. The molecule has 0 saturated carbocycles. The maximum Gasteiger partial charge on any atom is 0.221 e. The Labute approximate surface area is 114 Å². The number of anilines is 1. The lowest BCUT2D eigenvalue weighted by Crippen LogP contribution is -2.19. The monoisotopic (exact) mass is 286 g/mol. The van der Waals surface area contributed by atoms with Crippen molar-refractivity contribution in [2.45, 2.75) is 13.0 Å². The number of aromatic nitrogens is 2. The van der Waals surface area contributed by atoms with E-state index in [-0.39, 0.29) is 5.91 Å². The molecule has 7 heteroatoms. The Morgan fingerprint density at radius 2 is 2.11 bits per heavy atom. The number of nitrogens with zero attached hydrogens (tertiary/aromatic N) is 2. The van der Waals surface area contributed by atoms with Crippen molar-refractivity contribution in [2.24, 2.45) is 0 Å². The molecule has 1 aromatic carbocycles. The largest absolute Gasteiger partial charge is 0.369 e. The molecule has 0 saturated heterocycles. The minimum Gasteiger partial charge on any atom is -0.369 e. The molecular weight excluding hydrogens is 275 g/mol. The molecule has 18 heavy (non-hydrogen) atoms. The van der Waals surface area contributed by atoms with E-state index in [0.29, 0.717) is 34.5 Å². The summed E-state index contributed by atoms with van der Waals surface area (Å²) in [5, 5.41) is 3.42. The summed E-state index contributed by atoms with van der Waals surface area (Å²) in [6, 6.07) is 3.36. The van der Waals surface area contributed by atoms with E-state index in [4.69, 9.17) is 28.9 Å². The van der Waals surface area contributed by atoms with Crippen molar-refractivity contribution in [3.63, 3.8) is 0 Å². The molecule has 96 valence electrons. The molecule has 3 N–H and O–H groups in total. The number of nitrogen functional groups attached to an aromatic ring is 1. The molecule has 0 aliphatic heterocycles. The number of amides is 1. The fourth-order valence-electron chi connectivity index (χ4n) is 1.71. The molecule has 0 aliphatic carbocycles. The zero-order chi connectivity index (χ0) is 13.3. The molecule has 5 nitrogen and oxygen atoms in total. The molecule has 0 bridgehead atoms. The van der Waals surface area contributed by atoms with Gasteiger partial charge in [-0.15, -0.1) is 0 Å². The van der Waals surface area contributed by atoms with Gasteiger partial charge in [-0.05, 0) is 12.1 Å². The van der Waals surface area contributed by atoms with Crippen LogP contribution < -0.4 is 11.1 Å². The van der Waals surface area contributed by atoms with E-state index in [1.165, 1.54) is 0 Å². The molecule has 0 unspecified atom stereocenters. The van der Waals surface area contributed by atoms with E-state index >= 15 is 0 Å². The lowest BCUT2D eigenvalue weighted by molar-refractivity contribution is -0.120. The fourth-order valence-corrected chi connectivity index (χ4v) is 2.03. The predicted molar refractivity (Wildman–Crippen MR) is 72.8 cm³/mol. The van der Waals surface area contributed by atoms with Crippen molar-refractivity contribution in [1.29, 1.82) is 0 Å². The van der Waals surface area contributed by atoms with Gasteiger partial charge in [-0.1, -0.05) is 23.2 Å². The van der Waals surface area contributed by atoms with E-state index in [0.717, 1.165) is 5.52 Å². The predicted octanol–water partition coefficient (Wildman–Crippen LogP) is 2.06. The molecule has 0 atom stereocenters. The van der Waals surface area contributed by atoms with Crippen LogP contribution in [-0.2, 0) is 11.3 Å². The molecule has 2 aromatic rings. The first-order chi connectivity index (χ1) is 8.52. The number of nitrogens with two attached hydrogens (primary N) is 1. The molecule has 0 fully saturated rings. The van der Waals surface area contributed by atoms with Crippen molar-refractivity contribution < 1.29 is 4.79 Å². The van der Waals surface area contributed by atoms with Crippen molar-refractivity contribution in [2.75, 3.05) is 12.8 Å². The number of carbonyl (C=O) groups is 1. The van der Waals surface area contributed by atoms with Gasteiger partial charge in [0.15, 0.2) is 0 Å². The second-order valence-electron chi connectivity index (χ2n) is 3.80. The Balaban J connectivity index is 2.40. The van der Waals surface area contributed by atoms with Crippen molar-refractivity contribution >= 4 is 46.1 Å². The summed E-state index contributed by atoms with van der Waals surface area (Å²) in [6.45, 7) is 0.444. The quantitative estimate of drug-likeness (QED) is 0.907. The van der Waals surface area contributed by atoms with Crippen LogP contribution in [0.15, 0.2) is 12.1 Å². The first-order valence-corrected chi connectivity index (χ1v) is 6.10. The first-order valence-electron chi connectivity index (χ1n) is 5.34. The van der Waals surface area contributed by atoms with Crippen molar-refractivity contribution in [3.8, 4) is 0 Å². The lowest BCUT2D eigenvalue weighted by Gasteiger charge is -2.06. The summed E-state index contributed by atoms with van der Waals surface area (Å²) >= 11 is 11.9. The number of nitrogens with one attached hydrogen (secondary N) is 1. The summed E-state index contributed by atoms with van der Waals surface area (Å²) in [5.41, 5.74) is 7.25. The van der Waals surface area contributed by atoms with Crippen LogP contribution in [0.4, 0.5) is 5.95 Å². The molecule has 0 radical (unpaired) electrons. The Kier molecular flexibility index (Phi) is 3.63. The van der Waals surface area contributed by atoms with Crippen LogP contribution in [0.3, 0.4) is 0 Å². The van der Waals surface area contributed by atoms with Gasteiger partial charge in [-0.25, -0.2) is 4.98 Å². The maximum atomic E-state index is 11.2. The average Bonchev–Trinajstić information content (AvgIpc) is 2.62. The number of benzene rings is 1. The Morgan fingerprint density at radius 3 is 2.78 bits per heavy atom. The number of imidazole rings is 1. The van der Waals surface area contributed by atoms with E-state index in [1.807, 2.05) is 0 Å². The zero-order valence-corrected chi connectivity index (χ0v) is 11.2. The number of hydrogen-bond acceptors (Lipinski definition) is 3. The number of carbonyl (C=O) groups excluding carboxylic acids is 1. The van der Waals surface area contributed by atoms with E-state index in [1.54, 1.807) is 23.7 Å². The second-order valence-corrected chi connectivity index (χ2v) is 4.61. The van der Waals surface area contributed by atoms with Gasteiger partial charge in [0.25, 0.3) is 0 Å². The highest BCUT2D eigenvalue weighted by Crippen LogP contribution is 2.29. The van der Waals surface area contributed by atoms with Crippen LogP contribution in [0.1, 0.15) is 6.42 Å². The molecular formula is C11H12Cl2N4O. The molecule has 2 rings (SSSR count). The highest BCUT2D eigenvalue weighted by atomic mass is 35.5. The molecule has 0 spiro atoms. The summed E-state index contributed by atoms with van der Waals surface area (Å²) < 4.78 is 1.74. The topological polar surface area (TPSA) is 72.9 Å². The third kappa shape index (κ3) is 2.37. The average molecular weight is 287 g/mol. The molecule has 1 amide bonds. The third-order valence-corrected chi connectivity index (χ3v) is 3.38. The highest BCUT2D eigenvalue weighted by Gasteiger charge is 2.11. The van der Waals surface area contributed by atoms with E-state index in [9.17, 15) is 4.79 Å². The Bertz CT molecular complexity index is 609. The van der Waals surface area contributed by atoms with Gasteiger partial charge < -0.3 is 15.6 Å². The van der Waals surface area contributed by atoms with Crippen molar-refractivity contribution in [3.05, 3.63) is 22.2 Å². The van der Waals surface area contributed by atoms with E-state index < -0.39 is 0 Å². The molecule has 1 heterocycles. The number of hydrogen-bond donors (Lipinski definition) is 2. The number of aryl methyl sites for hydroxylation is 1. The van der Waals surface area contributed by atoms with E-state index in [2.05, 4.69) is 10.3 Å². The Hall–Kier alpha value is -1.46. The molecule has 0 aliphatic rings. The van der Waals surface area contributed by atoms with Crippen LogP contribution in [-0.4, -0.2) is 22.5 Å². The minimum atomic E-state index is -0.0590. The van der Waals surface area contributed by atoms with Gasteiger partial charge in [0.2, 0.25) is 11.9 Å². The van der Waals surface area contributed by atoms with Crippen molar-refractivity contribution in [1.82, 2.24) is 14.9 Å². The van der Waals surface area contributed by atoms with Crippen LogP contribution in [0, 0.1) is 0 Å². The summed E-state index contributed by atoms with van der Waals surface area (Å²) in [6.07, 6.45) is 0.326. The van der Waals surface area contributed by atoms with Crippen LogP contribution in [0.5, 0.6) is 0 Å². The summed E-state index contributed by atoms with van der Waals surface area (Å²) in [4.78, 5) is 15.4. The standard InChI is InChI=1S/C11H12Cl2N4O/c1-15-10(18)2-3-17-9-5-7(13)6(12)4-8(9)16-11(17)14/h4-5H,2-3H2,1H3,(H2,14,16)(H,15,18).